The topological polar surface area (TPSA) is 64.0 Å². The third kappa shape index (κ3) is 3.62. The molecule has 1 aromatic carbocycles. The molecule has 0 bridgehead atoms. The predicted molar refractivity (Wildman–Crippen MR) is 82.2 cm³/mol. The SMILES string of the molecule is CCCn1cc(S(=O)(=O)Nc2ccc(Br)c(F)c2)nc1C. The number of aryl methyl sites for hydroxylation is 2. The zero-order valence-electron chi connectivity index (χ0n) is 11.6. The summed E-state index contributed by atoms with van der Waals surface area (Å²) in [7, 11) is -3.83. The van der Waals surface area contributed by atoms with Gasteiger partial charge in [0, 0.05) is 12.7 Å². The summed E-state index contributed by atoms with van der Waals surface area (Å²) in [6.45, 7) is 4.44. The van der Waals surface area contributed by atoms with Crippen LogP contribution in [0.5, 0.6) is 0 Å². The van der Waals surface area contributed by atoms with Gasteiger partial charge in [-0.15, -0.1) is 0 Å². The van der Waals surface area contributed by atoms with E-state index in [4.69, 9.17) is 0 Å². The Kier molecular flexibility index (Phi) is 4.67. The quantitative estimate of drug-likeness (QED) is 0.871. The van der Waals surface area contributed by atoms with Crippen molar-refractivity contribution in [2.45, 2.75) is 31.8 Å². The molecule has 0 atom stereocenters. The van der Waals surface area contributed by atoms with E-state index in [0.717, 1.165) is 12.5 Å². The minimum Gasteiger partial charge on any atom is -0.334 e. The summed E-state index contributed by atoms with van der Waals surface area (Å²) in [4.78, 5) is 4.05. The third-order valence-electron chi connectivity index (χ3n) is 2.87. The number of nitrogens with one attached hydrogen (secondary N) is 1. The third-order valence-corrected chi connectivity index (χ3v) is 4.76. The second-order valence-electron chi connectivity index (χ2n) is 4.55. The first-order chi connectivity index (χ1) is 9.83. The molecule has 0 unspecified atom stereocenters. The molecule has 0 aliphatic heterocycles. The van der Waals surface area contributed by atoms with E-state index in [9.17, 15) is 12.8 Å². The van der Waals surface area contributed by atoms with Crippen LogP contribution < -0.4 is 4.72 Å². The first-order valence-corrected chi connectivity index (χ1v) is 8.62. The Balaban J connectivity index is 2.29. The zero-order valence-corrected chi connectivity index (χ0v) is 14.0. The van der Waals surface area contributed by atoms with Crippen LogP contribution in [0.1, 0.15) is 19.2 Å². The van der Waals surface area contributed by atoms with Crippen LogP contribution in [0.15, 0.2) is 33.9 Å². The maximum absolute atomic E-state index is 13.4. The molecule has 0 saturated carbocycles. The van der Waals surface area contributed by atoms with Crippen molar-refractivity contribution < 1.29 is 12.8 Å². The molecule has 0 radical (unpaired) electrons. The highest BCUT2D eigenvalue weighted by Crippen LogP contribution is 2.21. The highest BCUT2D eigenvalue weighted by atomic mass is 79.9. The average molecular weight is 376 g/mol. The Morgan fingerprint density at radius 3 is 2.76 bits per heavy atom. The van der Waals surface area contributed by atoms with Crippen LogP contribution in [-0.4, -0.2) is 18.0 Å². The largest absolute Gasteiger partial charge is 0.334 e. The molecule has 1 heterocycles. The van der Waals surface area contributed by atoms with Crippen LogP contribution in [0, 0.1) is 12.7 Å². The summed E-state index contributed by atoms with van der Waals surface area (Å²) in [5, 5.41) is -0.0724. The van der Waals surface area contributed by atoms with Crippen molar-refractivity contribution in [2.75, 3.05) is 4.72 Å². The standard InChI is InChI=1S/C13H15BrFN3O2S/c1-3-6-18-8-13(16-9(18)2)21(19,20)17-10-4-5-11(14)12(15)7-10/h4-5,7-8,17H,3,6H2,1-2H3. The number of halogens is 2. The van der Waals surface area contributed by atoms with E-state index in [2.05, 4.69) is 25.6 Å². The molecule has 114 valence electrons. The zero-order chi connectivity index (χ0) is 15.6. The van der Waals surface area contributed by atoms with Crippen LogP contribution in [0.25, 0.3) is 0 Å². The summed E-state index contributed by atoms with van der Waals surface area (Å²) in [6.07, 6.45) is 2.36. The number of sulfonamides is 1. The monoisotopic (exact) mass is 375 g/mol. The molecule has 21 heavy (non-hydrogen) atoms. The molecular formula is C13H15BrFN3O2S. The molecule has 0 aliphatic rings. The Labute approximate surface area is 131 Å². The van der Waals surface area contributed by atoms with Crippen molar-refractivity contribution >= 4 is 31.6 Å². The minimum absolute atomic E-state index is 0.0724. The van der Waals surface area contributed by atoms with Gasteiger partial charge in [0.15, 0.2) is 5.03 Å². The number of nitrogens with zero attached hydrogens (tertiary/aromatic N) is 2. The number of rotatable bonds is 5. The summed E-state index contributed by atoms with van der Waals surface area (Å²) in [6, 6.07) is 4.02. The van der Waals surface area contributed by atoms with Crippen molar-refractivity contribution in [3.63, 3.8) is 0 Å². The summed E-state index contributed by atoms with van der Waals surface area (Å²) < 4.78 is 42.3. The lowest BCUT2D eigenvalue weighted by Gasteiger charge is -2.06. The van der Waals surface area contributed by atoms with E-state index < -0.39 is 15.8 Å². The van der Waals surface area contributed by atoms with Crippen LogP contribution in [-0.2, 0) is 16.6 Å². The maximum atomic E-state index is 13.4. The number of aromatic nitrogens is 2. The van der Waals surface area contributed by atoms with Gasteiger partial charge in [0.2, 0.25) is 0 Å². The summed E-state index contributed by atoms with van der Waals surface area (Å²) in [5.41, 5.74) is 0.151. The molecule has 0 aliphatic carbocycles. The second kappa shape index (κ2) is 6.15. The Morgan fingerprint density at radius 1 is 1.43 bits per heavy atom. The number of imidazole rings is 1. The van der Waals surface area contributed by atoms with Crippen LogP contribution >= 0.6 is 15.9 Å². The van der Waals surface area contributed by atoms with E-state index >= 15 is 0 Å². The lowest BCUT2D eigenvalue weighted by atomic mass is 10.3. The van der Waals surface area contributed by atoms with Crippen LogP contribution in [0.2, 0.25) is 0 Å². The van der Waals surface area contributed by atoms with Gasteiger partial charge in [-0.05, 0) is 47.5 Å². The van der Waals surface area contributed by atoms with E-state index in [1.807, 2.05) is 6.92 Å². The molecule has 5 nitrogen and oxygen atoms in total. The van der Waals surface area contributed by atoms with Crippen molar-refractivity contribution in [3.05, 3.63) is 40.5 Å². The molecule has 0 amide bonds. The van der Waals surface area contributed by atoms with E-state index in [1.165, 1.54) is 18.3 Å². The maximum Gasteiger partial charge on any atom is 0.280 e. The highest BCUT2D eigenvalue weighted by molar-refractivity contribution is 9.10. The van der Waals surface area contributed by atoms with Crippen LogP contribution in [0.4, 0.5) is 10.1 Å². The highest BCUT2D eigenvalue weighted by Gasteiger charge is 2.19. The average Bonchev–Trinajstić information content (AvgIpc) is 2.77. The van der Waals surface area contributed by atoms with Gasteiger partial charge in [0.05, 0.1) is 10.2 Å². The first-order valence-electron chi connectivity index (χ1n) is 6.35. The molecule has 1 aromatic heterocycles. The van der Waals surface area contributed by atoms with E-state index in [0.29, 0.717) is 12.4 Å². The predicted octanol–water partition coefficient (Wildman–Crippen LogP) is 3.30. The van der Waals surface area contributed by atoms with Gasteiger partial charge in [0.25, 0.3) is 10.0 Å². The van der Waals surface area contributed by atoms with Gasteiger partial charge >= 0.3 is 0 Å². The van der Waals surface area contributed by atoms with Crippen molar-refractivity contribution in [3.8, 4) is 0 Å². The Morgan fingerprint density at radius 2 is 2.14 bits per heavy atom. The fourth-order valence-electron chi connectivity index (χ4n) is 1.84. The molecule has 2 aromatic rings. The number of hydrogen-bond donors (Lipinski definition) is 1. The summed E-state index contributed by atoms with van der Waals surface area (Å²) >= 11 is 3.02. The van der Waals surface area contributed by atoms with Gasteiger partial charge in [-0.2, -0.15) is 8.42 Å². The molecule has 0 spiro atoms. The summed E-state index contributed by atoms with van der Waals surface area (Å²) in [5.74, 6) is 0.0853. The van der Waals surface area contributed by atoms with Gasteiger partial charge in [-0.3, -0.25) is 4.72 Å². The molecule has 1 N–H and O–H groups in total. The Hall–Kier alpha value is -1.41. The smallest absolute Gasteiger partial charge is 0.280 e. The normalized spacial score (nSPS) is 11.6. The van der Waals surface area contributed by atoms with Gasteiger partial charge < -0.3 is 4.57 Å². The van der Waals surface area contributed by atoms with Gasteiger partial charge in [0.1, 0.15) is 11.6 Å². The van der Waals surface area contributed by atoms with Crippen molar-refractivity contribution in [1.29, 1.82) is 0 Å². The van der Waals surface area contributed by atoms with Gasteiger partial charge in [-0.25, -0.2) is 9.37 Å². The fourth-order valence-corrected chi connectivity index (χ4v) is 3.15. The molecular weight excluding hydrogens is 361 g/mol. The van der Waals surface area contributed by atoms with Crippen molar-refractivity contribution in [2.24, 2.45) is 0 Å². The number of anilines is 1. The molecule has 0 fully saturated rings. The van der Waals surface area contributed by atoms with Crippen molar-refractivity contribution in [1.82, 2.24) is 9.55 Å². The fraction of sp³-hybridized carbons (Fsp3) is 0.308. The van der Waals surface area contributed by atoms with Gasteiger partial charge in [-0.1, -0.05) is 6.92 Å². The Bertz CT molecular complexity index is 759. The lowest BCUT2D eigenvalue weighted by Crippen LogP contribution is -2.13. The molecule has 8 heteroatoms. The number of benzene rings is 1. The second-order valence-corrected chi connectivity index (χ2v) is 7.04. The van der Waals surface area contributed by atoms with E-state index in [1.54, 1.807) is 11.5 Å². The molecule has 2 rings (SSSR count). The molecule has 0 saturated heterocycles. The van der Waals surface area contributed by atoms with E-state index in [-0.39, 0.29) is 15.2 Å². The van der Waals surface area contributed by atoms with Crippen LogP contribution in [0.3, 0.4) is 0 Å². The number of hydrogen-bond acceptors (Lipinski definition) is 3. The minimum atomic E-state index is -3.83. The first kappa shape index (κ1) is 16.0. The lowest BCUT2D eigenvalue weighted by molar-refractivity contribution is 0.597.